The Morgan fingerprint density at radius 3 is 2.54 bits per heavy atom. The number of carbonyl (C=O) groups is 1. The number of carboxylic acids is 1. The molecule has 2 heterocycles. The third-order valence-corrected chi connectivity index (χ3v) is 4.06. The summed E-state index contributed by atoms with van der Waals surface area (Å²) in [5, 5.41) is 20.6. The van der Waals surface area contributed by atoms with E-state index in [1.54, 1.807) is 30.5 Å². The molecule has 4 rings (SSSR count). The molecule has 2 aromatic heterocycles. The number of nitrogens with one attached hydrogen (secondary N) is 1. The van der Waals surface area contributed by atoms with Crippen LogP contribution in [0.5, 0.6) is 0 Å². The first-order chi connectivity index (χ1) is 11.7. The smallest absolute Gasteiger partial charge is 0.337 e. The number of nitrogens with zero attached hydrogens (tertiary/aromatic N) is 2. The molecule has 0 fully saturated rings. The molecule has 114 valence electrons. The molecular formula is C19H11N3O2. The number of hydrogen-bond acceptors (Lipinski definition) is 3. The van der Waals surface area contributed by atoms with Crippen LogP contribution in [-0.4, -0.2) is 21.0 Å². The molecule has 5 heteroatoms. The number of carboxylic acid groups (broad SMARTS) is 1. The van der Waals surface area contributed by atoms with Gasteiger partial charge >= 0.3 is 5.97 Å². The van der Waals surface area contributed by atoms with Crippen LogP contribution in [-0.2, 0) is 0 Å². The third-order valence-electron chi connectivity index (χ3n) is 4.06. The summed E-state index contributed by atoms with van der Waals surface area (Å²) in [6.07, 6.45) is 1.76. The van der Waals surface area contributed by atoms with Crippen molar-refractivity contribution < 1.29 is 9.90 Å². The lowest BCUT2D eigenvalue weighted by molar-refractivity contribution is 0.0698. The van der Waals surface area contributed by atoms with E-state index in [2.05, 4.69) is 9.97 Å². The number of aromatic nitrogens is 2. The molecular weight excluding hydrogens is 302 g/mol. The van der Waals surface area contributed by atoms with Gasteiger partial charge in [-0.05, 0) is 12.1 Å². The van der Waals surface area contributed by atoms with Gasteiger partial charge in [0.15, 0.2) is 0 Å². The highest BCUT2D eigenvalue weighted by molar-refractivity contribution is 6.08. The molecule has 24 heavy (non-hydrogen) atoms. The monoisotopic (exact) mass is 313 g/mol. The highest BCUT2D eigenvalue weighted by Crippen LogP contribution is 2.33. The Labute approximate surface area is 136 Å². The van der Waals surface area contributed by atoms with Gasteiger partial charge in [-0.15, -0.1) is 0 Å². The Bertz CT molecular complexity index is 1150. The van der Waals surface area contributed by atoms with Crippen LogP contribution in [0.2, 0.25) is 0 Å². The van der Waals surface area contributed by atoms with Crippen LogP contribution in [0.3, 0.4) is 0 Å². The summed E-state index contributed by atoms with van der Waals surface area (Å²) in [6.45, 7) is 0. The van der Waals surface area contributed by atoms with Gasteiger partial charge in [-0.1, -0.05) is 36.4 Å². The standard InChI is InChI=1S/C19H11N3O2/c20-9-13-17(19(23)24)12-6-2-4-8-16(12)22-18(13)14-10-21-15-7-3-1-5-11(14)15/h1-8,10,21H,(H,23,24). The Hall–Kier alpha value is -3.65. The molecule has 0 radical (unpaired) electrons. The molecule has 0 aliphatic heterocycles. The molecule has 5 nitrogen and oxygen atoms in total. The van der Waals surface area contributed by atoms with Crippen LogP contribution in [0.1, 0.15) is 15.9 Å². The van der Waals surface area contributed by atoms with Crippen molar-refractivity contribution in [3.05, 3.63) is 65.9 Å². The molecule has 0 atom stereocenters. The lowest BCUT2D eigenvalue weighted by atomic mass is 9.97. The highest BCUT2D eigenvalue weighted by Gasteiger charge is 2.22. The van der Waals surface area contributed by atoms with Gasteiger partial charge in [0.05, 0.1) is 22.3 Å². The quantitative estimate of drug-likeness (QED) is 0.586. The Balaban J connectivity index is 2.17. The van der Waals surface area contributed by atoms with Crippen LogP contribution >= 0.6 is 0 Å². The predicted octanol–water partition coefficient (Wildman–Crippen LogP) is 3.95. The van der Waals surface area contributed by atoms with Gasteiger partial charge in [-0.25, -0.2) is 9.78 Å². The van der Waals surface area contributed by atoms with E-state index in [0.29, 0.717) is 16.6 Å². The minimum atomic E-state index is -1.13. The Kier molecular flexibility index (Phi) is 3.04. The zero-order valence-electron chi connectivity index (χ0n) is 12.4. The van der Waals surface area contributed by atoms with Crippen molar-refractivity contribution in [2.24, 2.45) is 0 Å². The summed E-state index contributed by atoms with van der Waals surface area (Å²) in [7, 11) is 0. The topological polar surface area (TPSA) is 89.8 Å². The van der Waals surface area contributed by atoms with Crippen molar-refractivity contribution in [3.8, 4) is 17.3 Å². The third kappa shape index (κ3) is 1.94. The van der Waals surface area contributed by atoms with Crippen molar-refractivity contribution in [3.63, 3.8) is 0 Å². The molecule has 2 aromatic carbocycles. The molecule has 0 spiro atoms. The number of benzene rings is 2. The first-order valence-electron chi connectivity index (χ1n) is 7.33. The van der Waals surface area contributed by atoms with E-state index in [0.717, 1.165) is 16.5 Å². The van der Waals surface area contributed by atoms with E-state index in [1.165, 1.54) is 0 Å². The normalized spacial score (nSPS) is 10.8. The molecule has 0 saturated heterocycles. The number of hydrogen-bond donors (Lipinski definition) is 2. The number of rotatable bonds is 2. The molecule has 2 N–H and O–H groups in total. The van der Waals surface area contributed by atoms with Gasteiger partial charge < -0.3 is 10.1 Å². The van der Waals surface area contributed by atoms with Gasteiger partial charge in [-0.3, -0.25) is 0 Å². The van der Waals surface area contributed by atoms with E-state index < -0.39 is 5.97 Å². The maximum Gasteiger partial charge on any atom is 0.337 e. The van der Waals surface area contributed by atoms with Gasteiger partial charge in [-0.2, -0.15) is 5.26 Å². The fourth-order valence-electron chi connectivity index (χ4n) is 3.01. The summed E-state index contributed by atoms with van der Waals surface area (Å²) >= 11 is 0. The maximum atomic E-state index is 11.8. The van der Waals surface area contributed by atoms with Crippen LogP contribution < -0.4 is 0 Å². The fourth-order valence-corrected chi connectivity index (χ4v) is 3.01. The van der Waals surface area contributed by atoms with E-state index in [9.17, 15) is 15.2 Å². The minimum Gasteiger partial charge on any atom is -0.478 e. The summed E-state index contributed by atoms with van der Waals surface area (Å²) < 4.78 is 0. The number of fused-ring (bicyclic) bond motifs is 2. The molecule has 0 aliphatic rings. The van der Waals surface area contributed by atoms with Crippen molar-refractivity contribution >= 4 is 27.8 Å². The summed E-state index contributed by atoms with van der Waals surface area (Å²) in [5.41, 5.74) is 2.62. The second-order valence-corrected chi connectivity index (χ2v) is 5.39. The van der Waals surface area contributed by atoms with Gasteiger partial charge in [0.25, 0.3) is 0 Å². The lowest BCUT2D eigenvalue weighted by Gasteiger charge is -2.09. The minimum absolute atomic E-state index is 0.0108. The van der Waals surface area contributed by atoms with Crippen LogP contribution in [0.25, 0.3) is 33.1 Å². The molecule has 4 aromatic rings. The molecule has 0 unspecified atom stereocenters. The van der Waals surface area contributed by atoms with Crippen molar-refractivity contribution in [1.82, 2.24) is 9.97 Å². The van der Waals surface area contributed by atoms with E-state index >= 15 is 0 Å². The number of H-pyrrole nitrogens is 1. The second kappa shape index (κ2) is 5.21. The van der Waals surface area contributed by atoms with Crippen LogP contribution in [0.15, 0.2) is 54.7 Å². The maximum absolute atomic E-state index is 11.8. The molecule has 0 aliphatic carbocycles. The van der Waals surface area contributed by atoms with Crippen LogP contribution in [0, 0.1) is 11.3 Å². The summed E-state index contributed by atoms with van der Waals surface area (Å²) in [4.78, 5) is 19.5. The van der Waals surface area contributed by atoms with Gasteiger partial charge in [0, 0.05) is 28.0 Å². The van der Waals surface area contributed by atoms with Gasteiger partial charge in [0.2, 0.25) is 0 Å². The molecule has 0 bridgehead atoms. The number of aromatic amines is 1. The Morgan fingerprint density at radius 1 is 1.08 bits per heavy atom. The number of aromatic carboxylic acids is 1. The fraction of sp³-hybridized carbons (Fsp3) is 0. The van der Waals surface area contributed by atoms with Crippen molar-refractivity contribution in [1.29, 1.82) is 5.26 Å². The van der Waals surface area contributed by atoms with Crippen LogP contribution in [0.4, 0.5) is 0 Å². The average molecular weight is 313 g/mol. The van der Waals surface area contributed by atoms with Crippen molar-refractivity contribution in [2.75, 3.05) is 0 Å². The SMILES string of the molecule is N#Cc1c(-c2c[nH]c3ccccc23)nc2ccccc2c1C(=O)O. The molecule has 0 amide bonds. The Morgan fingerprint density at radius 2 is 1.79 bits per heavy atom. The first kappa shape index (κ1) is 14.0. The highest BCUT2D eigenvalue weighted by atomic mass is 16.4. The van der Waals surface area contributed by atoms with Gasteiger partial charge in [0.1, 0.15) is 6.07 Å². The number of para-hydroxylation sites is 2. The van der Waals surface area contributed by atoms with Crippen molar-refractivity contribution in [2.45, 2.75) is 0 Å². The number of pyridine rings is 1. The van der Waals surface area contributed by atoms with E-state index in [1.807, 2.05) is 30.3 Å². The first-order valence-corrected chi connectivity index (χ1v) is 7.33. The largest absolute Gasteiger partial charge is 0.478 e. The molecule has 0 saturated carbocycles. The lowest BCUT2D eigenvalue weighted by Crippen LogP contribution is -2.05. The zero-order chi connectivity index (χ0) is 16.7. The summed E-state index contributed by atoms with van der Waals surface area (Å²) in [6, 6.07) is 16.6. The van der Waals surface area contributed by atoms with E-state index in [4.69, 9.17) is 0 Å². The summed E-state index contributed by atoms with van der Waals surface area (Å²) in [5.74, 6) is -1.13. The second-order valence-electron chi connectivity index (χ2n) is 5.39. The number of nitriles is 1. The zero-order valence-corrected chi connectivity index (χ0v) is 12.4. The van der Waals surface area contributed by atoms with E-state index in [-0.39, 0.29) is 11.1 Å². The average Bonchev–Trinajstić information content (AvgIpc) is 3.03. The predicted molar refractivity (Wildman–Crippen MR) is 90.7 cm³/mol.